The molecule has 1 heterocycles. The summed E-state index contributed by atoms with van der Waals surface area (Å²) >= 11 is 0. The monoisotopic (exact) mass is 366 g/mol. The van der Waals surface area contributed by atoms with Crippen LogP contribution in [0, 0.1) is 10.1 Å². The van der Waals surface area contributed by atoms with Crippen LogP contribution >= 0.6 is 0 Å². The molecular formula is C18H26N2O6. The lowest BCUT2D eigenvalue weighted by Gasteiger charge is -2.26. The van der Waals surface area contributed by atoms with Crippen molar-refractivity contribution in [2.75, 3.05) is 40.0 Å². The van der Waals surface area contributed by atoms with Gasteiger partial charge in [0.15, 0.2) is 11.5 Å². The van der Waals surface area contributed by atoms with E-state index in [9.17, 15) is 14.9 Å². The minimum Gasteiger partial charge on any atom is -0.489 e. The summed E-state index contributed by atoms with van der Waals surface area (Å²) in [6.07, 6.45) is 4.40. The van der Waals surface area contributed by atoms with Crippen LogP contribution in [0.15, 0.2) is 18.2 Å². The Morgan fingerprint density at radius 2 is 1.88 bits per heavy atom. The highest BCUT2D eigenvalue weighted by Gasteiger charge is 2.15. The van der Waals surface area contributed by atoms with Gasteiger partial charge >= 0.3 is 5.97 Å². The predicted octanol–water partition coefficient (Wildman–Crippen LogP) is 2.79. The lowest BCUT2D eigenvalue weighted by atomic mass is 10.1. The van der Waals surface area contributed by atoms with Gasteiger partial charge in [-0.2, -0.15) is 0 Å². The van der Waals surface area contributed by atoms with Gasteiger partial charge in [0.2, 0.25) is 0 Å². The molecule has 1 aliphatic heterocycles. The summed E-state index contributed by atoms with van der Waals surface area (Å²) in [4.78, 5) is 24.0. The summed E-state index contributed by atoms with van der Waals surface area (Å²) in [6, 6.07) is 4.32. The molecule has 0 spiro atoms. The Bertz CT molecular complexity index is 601. The van der Waals surface area contributed by atoms with Gasteiger partial charge in [0.1, 0.15) is 6.61 Å². The third-order valence-electron chi connectivity index (χ3n) is 4.26. The minimum absolute atomic E-state index is 0.0589. The van der Waals surface area contributed by atoms with Crippen LogP contribution in [0.1, 0.15) is 32.1 Å². The number of likely N-dealkylation sites (tertiary alicyclic amines) is 1. The summed E-state index contributed by atoms with van der Waals surface area (Å²) in [5.41, 5.74) is -0.0589. The number of non-ortho nitro benzene ring substituents is 1. The van der Waals surface area contributed by atoms with Crippen LogP contribution in [0.3, 0.4) is 0 Å². The first-order valence-electron chi connectivity index (χ1n) is 8.93. The van der Waals surface area contributed by atoms with Crippen LogP contribution in [0.2, 0.25) is 0 Å². The summed E-state index contributed by atoms with van der Waals surface area (Å²) < 4.78 is 16.0. The molecule has 0 atom stereocenters. The SMILES string of the molecule is COC(=O)CCCOc1cc([N+](=O)[O-])ccc1OCCN1CCCCC1. The van der Waals surface area contributed by atoms with E-state index in [0.717, 1.165) is 19.6 Å². The number of ether oxygens (including phenoxy) is 3. The average molecular weight is 366 g/mol. The second-order valence-electron chi connectivity index (χ2n) is 6.17. The number of benzene rings is 1. The molecule has 8 heteroatoms. The number of hydrogen-bond acceptors (Lipinski definition) is 7. The van der Waals surface area contributed by atoms with Crippen molar-refractivity contribution >= 4 is 11.7 Å². The number of esters is 1. The number of nitro benzene ring substituents is 1. The van der Waals surface area contributed by atoms with Gasteiger partial charge in [0.25, 0.3) is 5.69 Å². The summed E-state index contributed by atoms with van der Waals surface area (Å²) in [7, 11) is 1.33. The van der Waals surface area contributed by atoms with E-state index < -0.39 is 4.92 Å². The van der Waals surface area contributed by atoms with Crippen molar-refractivity contribution in [1.29, 1.82) is 0 Å². The maximum absolute atomic E-state index is 11.1. The standard InChI is InChI=1S/C18H26N2O6/c1-24-18(21)6-5-12-25-17-14-15(20(22)23)7-8-16(17)26-13-11-19-9-3-2-4-10-19/h7-8,14H,2-6,9-13H2,1H3. The zero-order valence-electron chi connectivity index (χ0n) is 15.1. The molecule has 1 aliphatic rings. The molecule has 0 saturated carbocycles. The highest BCUT2D eigenvalue weighted by Crippen LogP contribution is 2.31. The van der Waals surface area contributed by atoms with E-state index in [0.29, 0.717) is 24.5 Å². The highest BCUT2D eigenvalue weighted by molar-refractivity contribution is 5.69. The van der Waals surface area contributed by atoms with E-state index in [2.05, 4.69) is 9.64 Å². The minimum atomic E-state index is -0.473. The van der Waals surface area contributed by atoms with E-state index in [1.54, 1.807) is 6.07 Å². The van der Waals surface area contributed by atoms with Crippen molar-refractivity contribution in [2.45, 2.75) is 32.1 Å². The molecule has 1 aromatic carbocycles. The third kappa shape index (κ3) is 6.51. The molecule has 1 fully saturated rings. The fraction of sp³-hybridized carbons (Fsp3) is 0.611. The van der Waals surface area contributed by atoms with E-state index in [-0.39, 0.29) is 24.7 Å². The zero-order chi connectivity index (χ0) is 18.8. The Morgan fingerprint density at radius 1 is 1.15 bits per heavy atom. The van der Waals surface area contributed by atoms with Crippen molar-refractivity contribution in [2.24, 2.45) is 0 Å². The van der Waals surface area contributed by atoms with Crippen molar-refractivity contribution in [1.82, 2.24) is 4.90 Å². The van der Waals surface area contributed by atoms with Gasteiger partial charge in [-0.25, -0.2) is 0 Å². The van der Waals surface area contributed by atoms with Crippen molar-refractivity contribution in [3.63, 3.8) is 0 Å². The van der Waals surface area contributed by atoms with Crippen LogP contribution in [0.4, 0.5) is 5.69 Å². The summed E-state index contributed by atoms with van der Waals surface area (Å²) in [5, 5.41) is 11.0. The maximum Gasteiger partial charge on any atom is 0.305 e. The van der Waals surface area contributed by atoms with Crippen LogP contribution in [0.5, 0.6) is 11.5 Å². The van der Waals surface area contributed by atoms with E-state index in [4.69, 9.17) is 9.47 Å². The zero-order valence-corrected chi connectivity index (χ0v) is 15.1. The smallest absolute Gasteiger partial charge is 0.305 e. The van der Waals surface area contributed by atoms with E-state index in [1.165, 1.54) is 38.5 Å². The number of methoxy groups -OCH3 is 1. The number of rotatable bonds is 10. The van der Waals surface area contributed by atoms with Crippen molar-refractivity contribution in [3.8, 4) is 11.5 Å². The second kappa shape index (κ2) is 10.6. The van der Waals surface area contributed by atoms with E-state index >= 15 is 0 Å². The lowest BCUT2D eigenvalue weighted by molar-refractivity contribution is -0.385. The van der Waals surface area contributed by atoms with Crippen LogP contribution in [-0.2, 0) is 9.53 Å². The van der Waals surface area contributed by atoms with Crippen molar-refractivity contribution in [3.05, 3.63) is 28.3 Å². The number of carbonyl (C=O) groups excluding carboxylic acids is 1. The van der Waals surface area contributed by atoms with Crippen LogP contribution in [-0.4, -0.2) is 55.8 Å². The first-order chi connectivity index (χ1) is 12.6. The Kier molecular flexibility index (Phi) is 8.14. The van der Waals surface area contributed by atoms with Gasteiger partial charge in [0.05, 0.1) is 24.7 Å². The quantitative estimate of drug-likeness (QED) is 0.272. The fourth-order valence-electron chi connectivity index (χ4n) is 2.81. The third-order valence-corrected chi connectivity index (χ3v) is 4.26. The van der Waals surface area contributed by atoms with Gasteiger partial charge in [-0.15, -0.1) is 0 Å². The predicted molar refractivity (Wildman–Crippen MR) is 95.6 cm³/mol. The summed E-state index contributed by atoms with van der Waals surface area (Å²) in [5.74, 6) is 0.485. The number of carbonyl (C=O) groups is 1. The molecule has 0 radical (unpaired) electrons. The van der Waals surface area contributed by atoms with Gasteiger partial charge in [-0.05, 0) is 38.4 Å². The number of nitro groups is 1. The fourth-order valence-corrected chi connectivity index (χ4v) is 2.81. The average Bonchev–Trinajstić information content (AvgIpc) is 2.66. The highest BCUT2D eigenvalue weighted by atomic mass is 16.6. The van der Waals surface area contributed by atoms with Gasteiger partial charge in [-0.3, -0.25) is 19.8 Å². The van der Waals surface area contributed by atoms with Gasteiger partial charge < -0.3 is 14.2 Å². The normalized spacial score (nSPS) is 14.7. The molecule has 1 aromatic rings. The second-order valence-corrected chi connectivity index (χ2v) is 6.17. The topological polar surface area (TPSA) is 91.1 Å². The van der Waals surface area contributed by atoms with E-state index in [1.807, 2.05) is 0 Å². The first kappa shape index (κ1) is 20.0. The number of piperidine rings is 1. The Morgan fingerprint density at radius 3 is 2.58 bits per heavy atom. The molecule has 144 valence electrons. The number of nitrogens with zero attached hydrogens (tertiary/aromatic N) is 2. The molecule has 1 saturated heterocycles. The Balaban J connectivity index is 1.90. The molecule has 26 heavy (non-hydrogen) atoms. The Labute approximate surface area is 153 Å². The first-order valence-corrected chi connectivity index (χ1v) is 8.93. The molecule has 2 rings (SSSR count). The van der Waals surface area contributed by atoms with Gasteiger partial charge in [0, 0.05) is 19.0 Å². The molecule has 0 aliphatic carbocycles. The lowest BCUT2D eigenvalue weighted by Crippen LogP contribution is -2.33. The summed E-state index contributed by atoms with van der Waals surface area (Å²) in [6.45, 7) is 3.73. The van der Waals surface area contributed by atoms with Crippen molar-refractivity contribution < 1.29 is 23.9 Å². The van der Waals surface area contributed by atoms with Crippen LogP contribution in [0.25, 0.3) is 0 Å². The maximum atomic E-state index is 11.1. The molecule has 0 N–H and O–H groups in total. The Hall–Kier alpha value is -2.35. The van der Waals surface area contributed by atoms with Crippen LogP contribution < -0.4 is 9.47 Å². The molecule has 0 amide bonds. The molecule has 0 aromatic heterocycles. The number of hydrogen-bond donors (Lipinski definition) is 0. The molecule has 0 unspecified atom stereocenters. The molecule has 0 bridgehead atoms. The largest absolute Gasteiger partial charge is 0.489 e. The molecular weight excluding hydrogens is 340 g/mol. The molecule has 8 nitrogen and oxygen atoms in total. The van der Waals surface area contributed by atoms with Gasteiger partial charge in [-0.1, -0.05) is 6.42 Å².